The number of allylic oxidation sites excluding steroid dienone is 4. The van der Waals surface area contributed by atoms with Gasteiger partial charge in [-0.1, -0.05) is 12.1 Å². The SMILES string of the molecule is CCO/C(=C/C=C(\CF)OC(F)(F)c1ccc2c(c1F)C(F)C(F)c1c-2ccc(OCC)c1F)C(C)F. The highest BCUT2D eigenvalue weighted by Crippen LogP contribution is 2.52. The number of fused-ring (bicyclic) bond motifs is 3. The quantitative estimate of drug-likeness (QED) is 0.174. The molecular formula is C26H24F8O3. The molecule has 0 aromatic heterocycles. The van der Waals surface area contributed by atoms with Crippen molar-refractivity contribution < 1.29 is 49.3 Å². The fourth-order valence-electron chi connectivity index (χ4n) is 3.92. The van der Waals surface area contributed by atoms with Crippen molar-refractivity contribution in [1.82, 2.24) is 0 Å². The molecule has 1 aliphatic rings. The average molecular weight is 536 g/mol. The van der Waals surface area contributed by atoms with Gasteiger partial charge in [0.25, 0.3) is 0 Å². The second kappa shape index (κ2) is 11.4. The van der Waals surface area contributed by atoms with Crippen LogP contribution < -0.4 is 4.74 Å². The molecule has 3 atom stereocenters. The number of alkyl halides is 6. The molecule has 3 unspecified atom stereocenters. The average Bonchev–Trinajstić information content (AvgIpc) is 2.84. The van der Waals surface area contributed by atoms with Crippen molar-refractivity contribution in [2.75, 3.05) is 19.9 Å². The van der Waals surface area contributed by atoms with E-state index in [9.17, 15) is 26.3 Å². The maximum atomic E-state index is 15.3. The highest BCUT2D eigenvalue weighted by Gasteiger charge is 2.45. The fourth-order valence-corrected chi connectivity index (χ4v) is 3.92. The van der Waals surface area contributed by atoms with Crippen molar-refractivity contribution in [3.05, 3.63) is 76.3 Å². The Labute approximate surface area is 208 Å². The molecule has 2 aromatic rings. The third kappa shape index (κ3) is 5.55. The zero-order valence-corrected chi connectivity index (χ0v) is 20.1. The molecule has 202 valence electrons. The first kappa shape index (κ1) is 28.3. The smallest absolute Gasteiger partial charge is 0.429 e. The van der Waals surface area contributed by atoms with Gasteiger partial charge in [0, 0.05) is 11.1 Å². The molecule has 0 heterocycles. The van der Waals surface area contributed by atoms with Crippen LogP contribution in [0.25, 0.3) is 11.1 Å². The summed E-state index contributed by atoms with van der Waals surface area (Å²) in [6.45, 7) is 2.72. The number of hydrogen-bond acceptors (Lipinski definition) is 3. The first-order valence-electron chi connectivity index (χ1n) is 11.3. The minimum absolute atomic E-state index is 0.0419. The fraction of sp³-hybridized carbons (Fsp3) is 0.385. The molecule has 0 saturated heterocycles. The first-order valence-corrected chi connectivity index (χ1v) is 11.3. The lowest BCUT2D eigenvalue weighted by atomic mass is 9.81. The molecule has 3 rings (SSSR count). The van der Waals surface area contributed by atoms with Crippen LogP contribution in [0, 0.1) is 11.6 Å². The number of benzene rings is 2. The van der Waals surface area contributed by atoms with Crippen LogP contribution in [0.5, 0.6) is 5.75 Å². The van der Waals surface area contributed by atoms with Crippen LogP contribution in [-0.2, 0) is 15.6 Å². The maximum Gasteiger partial charge on any atom is 0.429 e. The van der Waals surface area contributed by atoms with E-state index >= 15 is 8.78 Å². The number of halogens is 8. The van der Waals surface area contributed by atoms with Crippen molar-refractivity contribution in [2.45, 2.75) is 45.4 Å². The van der Waals surface area contributed by atoms with Crippen LogP contribution in [0.1, 0.15) is 49.8 Å². The van der Waals surface area contributed by atoms with Gasteiger partial charge in [-0.3, -0.25) is 0 Å². The molecule has 2 aromatic carbocycles. The van der Waals surface area contributed by atoms with E-state index in [1.165, 1.54) is 6.07 Å². The Morgan fingerprint density at radius 3 is 2.08 bits per heavy atom. The molecule has 0 spiro atoms. The molecule has 0 amide bonds. The molecular weight excluding hydrogens is 512 g/mol. The van der Waals surface area contributed by atoms with Crippen LogP contribution in [0.3, 0.4) is 0 Å². The van der Waals surface area contributed by atoms with E-state index in [0.29, 0.717) is 12.1 Å². The Morgan fingerprint density at radius 1 is 0.946 bits per heavy atom. The Bertz CT molecular complexity index is 1190. The molecule has 0 radical (unpaired) electrons. The summed E-state index contributed by atoms with van der Waals surface area (Å²) in [6, 6.07) is 3.74. The molecule has 0 saturated carbocycles. The summed E-state index contributed by atoms with van der Waals surface area (Å²) in [7, 11) is 0. The highest BCUT2D eigenvalue weighted by atomic mass is 19.3. The Balaban J connectivity index is 2.04. The monoisotopic (exact) mass is 536 g/mol. The third-order valence-electron chi connectivity index (χ3n) is 5.56. The summed E-state index contributed by atoms with van der Waals surface area (Å²) in [5.74, 6) is -4.65. The molecule has 1 aliphatic carbocycles. The zero-order chi connectivity index (χ0) is 27.5. The largest absolute Gasteiger partial charge is 0.495 e. The molecule has 37 heavy (non-hydrogen) atoms. The van der Waals surface area contributed by atoms with Crippen molar-refractivity contribution in [3.8, 4) is 16.9 Å². The van der Waals surface area contributed by atoms with Gasteiger partial charge in [-0.05, 0) is 56.2 Å². The lowest BCUT2D eigenvalue weighted by Crippen LogP contribution is -2.23. The van der Waals surface area contributed by atoms with Crippen molar-refractivity contribution in [3.63, 3.8) is 0 Å². The highest BCUT2D eigenvalue weighted by molar-refractivity contribution is 5.76. The minimum atomic E-state index is -4.53. The van der Waals surface area contributed by atoms with E-state index in [4.69, 9.17) is 9.47 Å². The Kier molecular flexibility index (Phi) is 8.76. The van der Waals surface area contributed by atoms with Crippen LogP contribution in [0.2, 0.25) is 0 Å². The molecule has 0 bridgehead atoms. The summed E-state index contributed by atoms with van der Waals surface area (Å²) in [5.41, 5.74) is -3.84. The van der Waals surface area contributed by atoms with Crippen LogP contribution in [0.4, 0.5) is 35.1 Å². The molecule has 3 nitrogen and oxygen atoms in total. The summed E-state index contributed by atoms with van der Waals surface area (Å²) >= 11 is 0. The number of rotatable bonds is 10. The van der Waals surface area contributed by atoms with Gasteiger partial charge >= 0.3 is 6.11 Å². The number of hydrogen-bond donors (Lipinski definition) is 0. The van der Waals surface area contributed by atoms with Crippen LogP contribution >= 0.6 is 0 Å². The standard InChI is InChI=1S/C26H24F8O3/c1-4-35-18(13(3)28)10-6-14(12-27)37-26(33,34)17-9-7-15-16-8-11-19(36-5-2)23(30)21(16)25(32)24(31)20(15)22(17)29/h6-11,13,24-25H,4-5,12H2,1-3H3/b14-6+,18-10+. The van der Waals surface area contributed by atoms with Crippen molar-refractivity contribution >= 4 is 0 Å². The summed E-state index contributed by atoms with van der Waals surface area (Å²) in [6.07, 6.45) is -10.1. The van der Waals surface area contributed by atoms with Gasteiger partial charge in [-0.2, -0.15) is 8.78 Å². The van der Waals surface area contributed by atoms with Crippen molar-refractivity contribution in [1.29, 1.82) is 0 Å². The summed E-state index contributed by atoms with van der Waals surface area (Å²) in [4.78, 5) is 0. The molecule has 0 fully saturated rings. The lowest BCUT2D eigenvalue weighted by Gasteiger charge is -2.29. The van der Waals surface area contributed by atoms with E-state index in [0.717, 1.165) is 25.1 Å². The predicted molar refractivity (Wildman–Crippen MR) is 120 cm³/mol. The van der Waals surface area contributed by atoms with Gasteiger partial charge < -0.3 is 14.2 Å². The summed E-state index contributed by atoms with van der Waals surface area (Å²) in [5, 5.41) is 0. The van der Waals surface area contributed by atoms with Gasteiger partial charge in [-0.25, -0.2) is 26.3 Å². The van der Waals surface area contributed by atoms with Crippen molar-refractivity contribution in [2.24, 2.45) is 0 Å². The topological polar surface area (TPSA) is 27.7 Å². The minimum Gasteiger partial charge on any atom is -0.495 e. The third-order valence-corrected chi connectivity index (χ3v) is 5.56. The van der Waals surface area contributed by atoms with Gasteiger partial charge in [0.05, 0.1) is 13.2 Å². The van der Waals surface area contributed by atoms with E-state index in [2.05, 4.69) is 4.74 Å². The Morgan fingerprint density at radius 2 is 1.54 bits per heavy atom. The molecule has 0 aliphatic heterocycles. The maximum absolute atomic E-state index is 15.3. The predicted octanol–water partition coefficient (Wildman–Crippen LogP) is 8.26. The summed E-state index contributed by atoms with van der Waals surface area (Å²) < 4.78 is 131. The second-order valence-corrected chi connectivity index (χ2v) is 7.97. The van der Waals surface area contributed by atoms with Gasteiger partial charge in [0.1, 0.15) is 29.6 Å². The van der Waals surface area contributed by atoms with Gasteiger partial charge in [0.15, 0.2) is 30.1 Å². The number of ether oxygens (including phenoxy) is 3. The van der Waals surface area contributed by atoms with E-state index < -0.39 is 65.4 Å². The molecule has 11 heteroatoms. The Hall–Kier alpha value is -3.24. The van der Waals surface area contributed by atoms with Crippen LogP contribution in [0.15, 0.2) is 47.9 Å². The molecule has 0 N–H and O–H groups in total. The first-order chi connectivity index (χ1) is 17.5. The second-order valence-electron chi connectivity index (χ2n) is 7.97. The normalized spacial score (nSPS) is 18.7. The van der Waals surface area contributed by atoms with Gasteiger partial charge in [-0.15, -0.1) is 0 Å². The van der Waals surface area contributed by atoms with Crippen LogP contribution in [-0.4, -0.2) is 26.1 Å². The van der Waals surface area contributed by atoms with E-state index in [1.54, 1.807) is 13.8 Å². The van der Waals surface area contributed by atoms with E-state index in [1.807, 2.05) is 0 Å². The zero-order valence-electron chi connectivity index (χ0n) is 20.1. The van der Waals surface area contributed by atoms with E-state index in [-0.39, 0.29) is 35.8 Å². The van der Waals surface area contributed by atoms with Gasteiger partial charge in [0.2, 0.25) is 0 Å². The lowest BCUT2D eigenvalue weighted by molar-refractivity contribution is -0.227.